The Kier molecular flexibility index (Phi) is 4.20. The van der Waals surface area contributed by atoms with Crippen LogP contribution in [0.1, 0.15) is 17.7 Å². The molecule has 0 aromatic carbocycles. The maximum Gasteiger partial charge on any atom is 0.232 e. The molecule has 2 aliphatic heterocycles. The zero-order chi connectivity index (χ0) is 16.4. The van der Waals surface area contributed by atoms with Gasteiger partial charge in [0.15, 0.2) is 0 Å². The summed E-state index contributed by atoms with van der Waals surface area (Å²) in [7, 11) is 0. The lowest BCUT2D eigenvalue weighted by Crippen LogP contribution is -2.67. The first-order chi connectivity index (χ1) is 11.7. The molecule has 0 N–H and O–H groups in total. The Bertz CT molecular complexity index is 686. The quantitative estimate of drug-likeness (QED) is 0.847. The van der Waals surface area contributed by atoms with Crippen molar-refractivity contribution in [3.05, 3.63) is 41.0 Å². The highest BCUT2D eigenvalue weighted by Crippen LogP contribution is 2.35. The lowest BCUT2D eigenvalue weighted by Gasteiger charge is -2.52. The number of rotatable bonds is 4. The van der Waals surface area contributed by atoms with E-state index in [1.165, 1.54) is 0 Å². The third kappa shape index (κ3) is 3.27. The van der Waals surface area contributed by atoms with Crippen LogP contribution in [-0.4, -0.2) is 52.2 Å². The van der Waals surface area contributed by atoms with E-state index in [1.807, 2.05) is 22.4 Å². The Labute approximate surface area is 144 Å². The molecule has 0 bridgehead atoms. The molecule has 4 rings (SSSR count). The van der Waals surface area contributed by atoms with E-state index in [0.29, 0.717) is 32.0 Å². The molecule has 2 fully saturated rings. The van der Waals surface area contributed by atoms with E-state index in [0.717, 1.165) is 17.7 Å². The standard InChI is InChI=1S/C17H19N3O3S/c21-16(8-14-2-1-7-24-14)20-11-17(12-20)9-13(3-6-22-17)23-15-10-18-4-5-19-15/h1-2,4-5,7,10,13H,3,6,8-9,11-12H2. The fraction of sp³-hybridized carbons (Fsp3) is 0.471. The zero-order valence-corrected chi connectivity index (χ0v) is 14.1. The lowest BCUT2D eigenvalue weighted by molar-refractivity contribution is -0.193. The largest absolute Gasteiger partial charge is 0.473 e. The van der Waals surface area contributed by atoms with Gasteiger partial charge in [-0.1, -0.05) is 6.07 Å². The van der Waals surface area contributed by atoms with E-state index >= 15 is 0 Å². The van der Waals surface area contributed by atoms with Crippen molar-refractivity contribution in [1.29, 1.82) is 0 Å². The predicted molar refractivity (Wildman–Crippen MR) is 89.0 cm³/mol. The van der Waals surface area contributed by atoms with E-state index in [-0.39, 0.29) is 17.6 Å². The molecule has 2 aromatic heterocycles. The molecule has 0 aliphatic carbocycles. The molecular formula is C17H19N3O3S. The molecule has 126 valence electrons. The summed E-state index contributed by atoms with van der Waals surface area (Å²) in [6.07, 6.45) is 7.03. The average molecular weight is 345 g/mol. The Balaban J connectivity index is 1.31. The van der Waals surface area contributed by atoms with Gasteiger partial charge in [0, 0.05) is 30.1 Å². The van der Waals surface area contributed by atoms with Crippen molar-refractivity contribution >= 4 is 17.2 Å². The normalized spacial score (nSPS) is 22.2. The molecule has 1 spiro atoms. The van der Waals surface area contributed by atoms with Gasteiger partial charge in [0.2, 0.25) is 11.8 Å². The van der Waals surface area contributed by atoms with Gasteiger partial charge in [-0.05, 0) is 11.4 Å². The summed E-state index contributed by atoms with van der Waals surface area (Å²) in [4.78, 5) is 23.5. The summed E-state index contributed by atoms with van der Waals surface area (Å²) in [5.41, 5.74) is -0.254. The molecule has 4 heterocycles. The van der Waals surface area contributed by atoms with E-state index in [9.17, 15) is 4.79 Å². The van der Waals surface area contributed by atoms with Crippen LogP contribution in [0, 0.1) is 0 Å². The van der Waals surface area contributed by atoms with Gasteiger partial charge in [0.05, 0.1) is 32.3 Å². The summed E-state index contributed by atoms with van der Waals surface area (Å²) in [5, 5.41) is 2.00. The summed E-state index contributed by atoms with van der Waals surface area (Å²) < 4.78 is 11.9. The van der Waals surface area contributed by atoms with Crippen molar-refractivity contribution in [3.8, 4) is 5.88 Å². The summed E-state index contributed by atoms with van der Waals surface area (Å²) in [6, 6.07) is 3.98. The summed E-state index contributed by atoms with van der Waals surface area (Å²) in [6.45, 7) is 1.95. The van der Waals surface area contributed by atoms with E-state index < -0.39 is 0 Å². The number of aromatic nitrogens is 2. The minimum Gasteiger partial charge on any atom is -0.473 e. The van der Waals surface area contributed by atoms with Crippen LogP contribution in [-0.2, 0) is 16.0 Å². The van der Waals surface area contributed by atoms with Gasteiger partial charge in [-0.25, -0.2) is 4.98 Å². The zero-order valence-electron chi connectivity index (χ0n) is 13.3. The SMILES string of the molecule is O=C(Cc1cccs1)N1CC2(CC(Oc3cnccn3)CCO2)C1. The second kappa shape index (κ2) is 6.49. The number of carbonyl (C=O) groups excluding carboxylic acids is 1. The number of amides is 1. The molecule has 1 unspecified atom stereocenters. The van der Waals surface area contributed by atoms with Crippen LogP contribution in [0.4, 0.5) is 0 Å². The molecular weight excluding hydrogens is 326 g/mol. The van der Waals surface area contributed by atoms with Gasteiger partial charge in [-0.2, -0.15) is 0 Å². The number of hydrogen-bond acceptors (Lipinski definition) is 6. The fourth-order valence-corrected chi connectivity index (χ4v) is 4.02. The minimum atomic E-state index is -0.254. The molecule has 1 amide bonds. The van der Waals surface area contributed by atoms with Crippen molar-refractivity contribution in [2.45, 2.75) is 31.0 Å². The van der Waals surface area contributed by atoms with E-state index in [1.54, 1.807) is 29.9 Å². The second-order valence-corrected chi connectivity index (χ2v) is 7.35. The highest BCUT2D eigenvalue weighted by molar-refractivity contribution is 7.10. The number of hydrogen-bond donors (Lipinski definition) is 0. The minimum absolute atomic E-state index is 0.0602. The molecule has 0 radical (unpaired) electrons. The van der Waals surface area contributed by atoms with E-state index in [2.05, 4.69) is 9.97 Å². The topological polar surface area (TPSA) is 64.6 Å². The number of nitrogens with zero attached hydrogens (tertiary/aromatic N) is 3. The molecule has 2 aromatic rings. The van der Waals surface area contributed by atoms with Crippen LogP contribution in [0.5, 0.6) is 5.88 Å². The van der Waals surface area contributed by atoms with Crippen LogP contribution in [0.25, 0.3) is 0 Å². The first kappa shape index (κ1) is 15.5. The highest BCUT2D eigenvalue weighted by Gasteiger charge is 2.49. The van der Waals surface area contributed by atoms with Crippen LogP contribution >= 0.6 is 11.3 Å². The number of carbonyl (C=O) groups is 1. The van der Waals surface area contributed by atoms with Gasteiger partial charge in [0.1, 0.15) is 11.7 Å². The summed E-state index contributed by atoms with van der Waals surface area (Å²) in [5.74, 6) is 0.716. The molecule has 0 saturated carbocycles. The van der Waals surface area contributed by atoms with Crippen LogP contribution < -0.4 is 4.74 Å². The van der Waals surface area contributed by atoms with Crippen molar-refractivity contribution in [2.24, 2.45) is 0 Å². The molecule has 24 heavy (non-hydrogen) atoms. The third-order valence-electron chi connectivity index (χ3n) is 4.49. The average Bonchev–Trinajstić information content (AvgIpc) is 3.06. The van der Waals surface area contributed by atoms with Gasteiger partial charge in [0.25, 0.3) is 0 Å². The monoisotopic (exact) mass is 345 g/mol. The molecule has 6 nitrogen and oxygen atoms in total. The first-order valence-corrected chi connectivity index (χ1v) is 8.97. The maximum absolute atomic E-state index is 12.3. The Morgan fingerprint density at radius 3 is 3.12 bits per heavy atom. The number of ether oxygens (including phenoxy) is 2. The van der Waals surface area contributed by atoms with Gasteiger partial charge in [-0.3, -0.25) is 9.78 Å². The third-order valence-corrected chi connectivity index (χ3v) is 5.37. The Hall–Kier alpha value is -1.99. The van der Waals surface area contributed by atoms with Crippen molar-refractivity contribution in [2.75, 3.05) is 19.7 Å². The van der Waals surface area contributed by atoms with Gasteiger partial charge < -0.3 is 14.4 Å². The Morgan fingerprint density at radius 1 is 1.46 bits per heavy atom. The van der Waals surface area contributed by atoms with Crippen molar-refractivity contribution < 1.29 is 14.3 Å². The van der Waals surface area contributed by atoms with Gasteiger partial charge in [-0.15, -0.1) is 11.3 Å². The molecule has 7 heteroatoms. The van der Waals surface area contributed by atoms with Crippen LogP contribution in [0.15, 0.2) is 36.1 Å². The number of likely N-dealkylation sites (tertiary alicyclic amines) is 1. The Morgan fingerprint density at radius 2 is 2.38 bits per heavy atom. The predicted octanol–water partition coefficient (Wildman–Crippen LogP) is 1.92. The first-order valence-electron chi connectivity index (χ1n) is 8.09. The van der Waals surface area contributed by atoms with Gasteiger partial charge >= 0.3 is 0 Å². The van der Waals surface area contributed by atoms with Crippen molar-refractivity contribution in [1.82, 2.24) is 14.9 Å². The van der Waals surface area contributed by atoms with E-state index in [4.69, 9.17) is 9.47 Å². The molecule has 2 saturated heterocycles. The lowest BCUT2D eigenvalue weighted by atomic mass is 9.84. The van der Waals surface area contributed by atoms with Crippen LogP contribution in [0.2, 0.25) is 0 Å². The summed E-state index contributed by atoms with van der Waals surface area (Å²) >= 11 is 1.62. The molecule has 1 atom stereocenters. The smallest absolute Gasteiger partial charge is 0.232 e. The maximum atomic E-state index is 12.3. The van der Waals surface area contributed by atoms with Crippen LogP contribution in [0.3, 0.4) is 0 Å². The fourth-order valence-electron chi connectivity index (χ4n) is 3.32. The van der Waals surface area contributed by atoms with Crippen molar-refractivity contribution in [3.63, 3.8) is 0 Å². The number of thiophene rings is 1. The molecule has 2 aliphatic rings. The second-order valence-electron chi connectivity index (χ2n) is 6.31. The highest BCUT2D eigenvalue weighted by atomic mass is 32.1.